The van der Waals surface area contributed by atoms with Crippen LogP contribution in [0, 0.1) is 22.7 Å². The number of pyridine rings is 1. The van der Waals surface area contributed by atoms with Crippen LogP contribution in [0.5, 0.6) is 0 Å². The van der Waals surface area contributed by atoms with Crippen LogP contribution in [0.2, 0.25) is 0 Å². The third kappa shape index (κ3) is 6.04. The Morgan fingerprint density at radius 3 is 2.32 bits per heavy atom. The van der Waals surface area contributed by atoms with Crippen molar-refractivity contribution >= 4 is 5.91 Å². The molecule has 2 rings (SSSR count). The molecular formula is C23H38N4O. The topological polar surface area (TPSA) is 60.2 Å². The molecule has 0 aliphatic heterocycles. The van der Waals surface area contributed by atoms with Crippen molar-refractivity contribution in [2.75, 3.05) is 27.7 Å². The minimum atomic E-state index is -0.504. The van der Waals surface area contributed by atoms with E-state index in [0.717, 1.165) is 31.4 Å². The first-order valence-electron chi connectivity index (χ1n) is 10.4. The number of hydrogen-bond donors (Lipinski definition) is 0. The van der Waals surface area contributed by atoms with Gasteiger partial charge >= 0.3 is 0 Å². The van der Waals surface area contributed by atoms with Crippen molar-refractivity contribution in [3.8, 4) is 6.07 Å². The van der Waals surface area contributed by atoms with Crippen molar-refractivity contribution in [2.45, 2.75) is 65.3 Å². The van der Waals surface area contributed by atoms with Gasteiger partial charge in [0.1, 0.15) is 0 Å². The molecule has 1 aromatic heterocycles. The van der Waals surface area contributed by atoms with Gasteiger partial charge in [0, 0.05) is 26.2 Å². The molecule has 156 valence electrons. The molecule has 0 radical (unpaired) electrons. The van der Waals surface area contributed by atoms with Crippen molar-refractivity contribution in [1.82, 2.24) is 14.8 Å². The van der Waals surface area contributed by atoms with E-state index in [1.54, 1.807) is 4.90 Å². The first kappa shape index (κ1) is 24.1. The van der Waals surface area contributed by atoms with Crippen LogP contribution in [0.3, 0.4) is 0 Å². The number of hydrogen-bond acceptors (Lipinski definition) is 4. The maximum atomic E-state index is 12.6. The SMILES string of the molecule is CC.CN(CC(C)(C)C#N)C(=O)CC1CCC(c2ccccn2)(N(C)C)CC1. The van der Waals surface area contributed by atoms with E-state index in [1.165, 1.54) is 0 Å². The average Bonchev–Trinajstić information content (AvgIpc) is 2.70. The summed E-state index contributed by atoms with van der Waals surface area (Å²) < 4.78 is 0. The highest BCUT2D eigenvalue weighted by Gasteiger charge is 2.40. The van der Waals surface area contributed by atoms with E-state index >= 15 is 0 Å². The van der Waals surface area contributed by atoms with Gasteiger partial charge in [0.2, 0.25) is 5.91 Å². The molecule has 0 aromatic carbocycles. The van der Waals surface area contributed by atoms with Crippen molar-refractivity contribution in [3.05, 3.63) is 30.1 Å². The molecule has 0 spiro atoms. The van der Waals surface area contributed by atoms with Crippen LogP contribution in [-0.2, 0) is 10.3 Å². The molecule has 0 bridgehead atoms. The van der Waals surface area contributed by atoms with Gasteiger partial charge in [-0.3, -0.25) is 14.7 Å². The molecule has 0 atom stereocenters. The minimum Gasteiger partial charge on any atom is -0.344 e. The fourth-order valence-corrected chi connectivity index (χ4v) is 4.05. The molecular weight excluding hydrogens is 348 g/mol. The van der Waals surface area contributed by atoms with Gasteiger partial charge in [-0.25, -0.2) is 0 Å². The number of nitrogens with zero attached hydrogens (tertiary/aromatic N) is 4. The van der Waals surface area contributed by atoms with E-state index in [9.17, 15) is 4.79 Å². The van der Waals surface area contributed by atoms with Gasteiger partial charge in [-0.05, 0) is 71.7 Å². The van der Waals surface area contributed by atoms with Gasteiger partial charge in [-0.15, -0.1) is 0 Å². The van der Waals surface area contributed by atoms with E-state index in [2.05, 4.69) is 42.2 Å². The summed E-state index contributed by atoms with van der Waals surface area (Å²) in [5.41, 5.74) is 0.591. The molecule has 1 saturated carbocycles. The van der Waals surface area contributed by atoms with Gasteiger partial charge in [-0.1, -0.05) is 19.9 Å². The van der Waals surface area contributed by atoms with Crippen molar-refractivity contribution in [3.63, 3.8) is 0 Å². The average molecular weight is 387 g/mol. The second-order valence-electron chi connectivity index (χ2n) is 8.53. The fraction of sp³-hybridized carbons (Fsp3) is 0.696. The molecule has 1 aromatic rings. The summed E-state index contributed by atoms with van der Waals surface area (Å²) in [6, 6.07) is 8.38. The Bertz CT molecular complexity index is 640. The summed E-state index contributed by atoms with van der Waals surface area (Å²) in [5.74, 6) is 0.556. The number of amides is 1. The predicted molar refractivity (Wildman–Crippen MR) is 115 cm³/mol. The van der Waals surface area contributed by atoms with Crippen molar-refractivity contribution in [2.24, 2.45) is 11.3 Å². The molecule has 28 heavy (non-hydrogen) atoms. The standard InChI is InChI=1S/C21H32N4O.C2H6/c1-20(2,15-22)16-25(5)19(26)14-17-9-11-21(12-10-17,24(3)4)18-8-6-7-13-23-18;1-2/h6-8,13,17H,9-12,14,16H2,1-5H3;1-2H3. The predicted octanol–water partition coefficient (Wildman–Crippen LogP) is 4.45. The normalized spacial score (nSPS) is 22.0. The molecule has 1 aliphatic carbocycles. The zero-order valence-corrected chi connectivity index (χ0v) is 18.8. The number of carbonyl (C=O) groups excluding carboxylic acids is 1. The Morgan fingerprint density at radius 1 is 1.25 bits per heavy atom. The van der Waals surface area contributed by atoms with Gasteiger partial charge in [0.25, 0.3) is 0 Å². The molecule has 1 fully saturated rings. The van der Waals surface area contributed by atoms with Crippen LogP contribution in [0.4, 0.5) is 0 Å². The van der Waals surface area contributed by atoms with Gasteiger partial charge in [0.15, 0.2) is 0 Å². The van der Waals surface area contributed by atoms with E-state index in [0.29, 0.717) is 18.9 Å². The van der Waals surface area contributed by atoms with Crippen LogP contribution >= 0.6 is 0 Å². The minimum absolute atomic E-state index is 0.0322. The number of rotatable bonds is 6. The Hall–Kier alpha value is -1.93. The quantitative estimate of drug-likeness (QED) is 0.724. The lowest BCUT2D eigenvalue weighted by molar-refractivity contribution is -0.132. The van der Waals surface area contributed by atoms with Crippen LogP contribution in [-0.4, -0.2) is 48.4 Å². The largest absolute Gasteiger partial charge is 0.344 e. The zero-order chi connectivity index (χ0) is 21.4. The number of aromatic nitrogens is 1. The van der Waals surface area contributed by atoms with E-state index in [1.807, 2.05) is 47.0 Å². The zero-order valence-electron chi connectivity index (χ0n) is 18.8. The summed E-state index contributed by atoms with van der Waals surface area (Å²) in [7, 11) is 6.05. The van der Waals surface area contributed by atoms with Crippen LogP contribution < -0.4 is 0 Å². The third-order valence-electron chi connectivity index (χ3n) is 5.75. The van der Waals surface area contributed by atoms with E-state index < -0.39 is 5.41 Å². The second kappa shape index (κ2) is 10.6. The van der Waals surface area contributed by atoms with E-state index in [-0.39, 0.29) is 11.4 Å². The lowest BCUT2D eigenvalue weighted by Gasteiger charge is -2.44. The second-order valence-corrected chi connectivity index (χ2v) is 8.53. The highest BCUT2D eigenvalue weighted by molar-refractivity contribution is 5.76. The highest BCUT2D eigenvalue weighted by atomic mass is 16.2. The summed E-state index contributed by atoms with van der Waals surface area (Å²) in [4.78, 5) is 21.2. The Balaban J connectivity index is 0.00000190. The molecule has 1 aliphatic rings. The van der Waals surface area contributed by atoms with Gasteiger partial charge < -0.3 is 4.90 Å². The first-order chi connectivity index (χ1) is 13.2. The summed E-state index contributed by atoms with van der Waals surface area (Å²) in [6.45, 7) is 8.22. The van der Waals surface area contributed by atoms with E-state index in [4.69, 9.17) is 5.26 Å². The number of nitriles is 1. The summed E-state index contributed by atoms with van der Waals surface area (Å²) >= 11 is 0. The maximum Gasteiger partial charge on any atom is 0.222 e. The van der Waals surface area contributed by atoms with Crippen molar-refractivity contribution in [1.29, 1.82) is 5.26 Å². The molecule has 5 heteroatoms. The fourth-order valence-electron chi connectivity index (χ4n) is 4.05. The Kier molecular flexibility index (Phi) is 9.10. The molecule has 5 nitrogen and oxygen atoms in total. The summed E-state index contributed by atoms with van der Waals surface area (Å²) in [5, 5.41) is 9.17. The molecule has 0 unspecified atom stereocenters. The smallest absolute Gasteiger partial charge is 0.222 e. The van der Waals surface area contributed by atoms with Crippen LogP contribution in [0.25, 0.3) is 0 Å². The summed E-state index contributed by atoms with van der Waals surface area (Å²) in [6.07, 6.45) is 6.52. The molecule has 1 heterocycles. The number of carbonyl (C=O) groups is 1. The van der Waals surface area contributed by atoms with Crippen molar-refractivity contribution < 1.29 is 4.79 Å². The molecule has 0 N–H and O–H groups in total. The van der Waals surface area contributed by atoms with Gasteiger partial charge in [-0.2, -0.15) is 5.26 Å². The molecule has 0 saturated heterocycles. The lowest BCUT2D eigenvalue weighted by atomic mass is 9.72. The molecule has 1 amide bonds. The third-order valence-corrected chi connectivity index (χ3v) is 5.75. The maximum absolute atomic E-state index is 12.6. The first-order valence-corrected chi connectivity index (χ1v) is 10.4. The van der Waals surface area contributed by atoms with Crippen LogP contribution in [0.15, 0.2) is 24.4 Å². The van der Waals surface area contributed by atoms with Crippen LogP contribution in [0.1, 0.15) is 65.5 Å². The Morgan fingerprint density at radius 2 is 1.86 bits per heavy atom. The monoisotopic (exact) mass is 386 g/mol. The Labute approximate surface area is 171 Å². The lowest BCUT2D eigenvalue weighted by Crippen LogP contribution is -2.45. The van der Waals surface area contributed by atoms with Gasteiger partial charge in [0.05, 0.1) is 22.7 Å². The highest BCUT2D eigenvalue weighted by Crippen LogP contribution is 2.43.